The first-order chi connectivity index (χ1) is 11.1. The van der Waals surface area contributed by atoms with Gasteiger partial charge >= 0.3 is 0 Å². The summed E-state index contributed by atoms with van der Waals surface area (Å²) in [5, 5.41) is 9.27. The van der Waals surface area contributed by atoms with E-state index in [2.05, 4.69) is 0 Å². The molecule has 0 aliphatic carbocycles. The summed E-state index contributed by atoms with van der Waals surface area (Å²) in [5.74, 6) is 0.716. The van der Waals surface area contributed by atoms with Crippen LogP contribution < -0.4 is 9.64 Å². The van der Waals surface area contributed by atoms with E-state index in [1.165, 1.54) is 11.0 Å². The van der Waals surface area contributed by atoms with Gasteiger partial charge in [0, 0.05) is 25.9 Å². The van der Waals surface area contributed by atoms with Gasteiger partial charge in [0.25, 0.3) is 5.91 Å². The molecular formula is C18H19NO4. The fourth-order valence-electron chi connectivity index (χ4n) is 1.88. The highest BCUT2D eigenvalue weighted by atomic mass is 16.7. The van der Waals surface area contributed by atoms with Crippen molar-refractivity contribution in [2.24, 2.45) is 0 Å². The molecule has 0 aliphatic rings. The molecule has 0 spiro atoms. The molecule has 1 N–H and O–H groups in total. The van der Waals surface area contributed by atoms with Gasteiger partial charge < -0.3 is 19.5 Å². The Morgan fingerprint density at radius 2 is 1.78 bits per heavy atom. The molecule has 2 rings (SSSR count). The lowest BCUT2D eigenvalue weighted by molar-refractivity contribution is -0.113. The van der Waals surface area contributed by atoms with Gasteiger partial charge in [0.05, 0.1) is 0 Å². The standard InChI is InChI=1S/C18H19NO4/c1-19(15-6-8-16(20)9-7-15)18(21)12-5-14-3-10-17(11-4-14)23-13-22-2/h3-12,20H,13H2,1-2H3/b12-5+. The zero-order valence-corrected chi connectivity index (χ0v) is 13.1. The summed E-state index contributed by atoms with van der Waals surface area (Å²) in [6.07, 6.45) is 3.23. The summed E-state index contributed by atoms with van der Waals surface area (Å²) >= 11 is 0. The van der Waals surface area contributed by atoms with E-state index in [1.807, 2.05) is 24.3 Å². The molecule has 0 saturated heterocycles. The van der Waals surface area contributed by atoms with E-state index in [0.717, 1.165) is 5.56 Å². The number of benzene rings is 2. The molecule has 0 fully saturated rings. The Kier molecular flexibility index (Phi) is 5.77. The van der Waals surface area contributed by atoms with E-state index in [0.29, 0.717) is 11.4 Å². The zero-order valence-electron chi connectivity index (χ0n) is 13.1. The van der Waals surface area contributed by atoms with Gasteiger partial charge in [-0.3, -0.25) is 4.79 Å². The lowest BCUT2D eigenvalue weighted by Crippen LogP contribution is -2.23. The molecule has 0 aliphatic heterocycles. The number of phenols is 1. The highest BCUT2D eigenvalue weighted by molar-refractivity contribution is 6.03. The number of methoxy groups -OCH3 is 1. The van der Waals surface area contributed by atoms with Crippen LogP contribution in [0, 0.1) is 0 Å². The Bertz CT molecular complexity index is 662. The van der Waals surface area contributed by atoms with Crippen molar-refractivity contribution in [3.8, 4) is 11.5 Å². The predicted molar refractivity (Wildman–Crippen MR) is 89.5 cm³/mol. The summed E-state index contributed by atoms with van der Waals surface area (Å²) in [5.41, 5.74) is 1.60. The van der Waals surface area contributed by atoms with Gasteiger partial charge in [0.2, 0.25) is 0 Å². The number of carbonyl (C=O) groups is 1. The van der Waals surface area contributed by atoms with Crippen molar-refractivity contribution in [1.82, 2.24) is 0 Å². The van der Waals surface area contributed by atoms with Crippen molar-refractivity contribution >= 4 is 17.7 Å². The molecule has 2 aromatic rings. The Morgan fingerprint density at radius 3 is 2.39 bits per heavy atom. The van der Waals surface area contributed by atoms with Gasteiger partial charge in [-0.25, -0.2) is 0 Å². The molecule has 0 heterocycles. The minimum absolute atomic E-state index is 0.157. The molecule has 1 amide bonds. The maximum Gasteiger partial charge on any atom is 0.250 e. The largest absolute Gasteiger partial charge is 0.508 e. The molecule has 0 saturated carbocycles. The molecule has 5 heteroatoms. The second-order valence-corrected chi connectivity index (χ2v) is 4.87. The Balaban J connectivity index is 1.98. The molecule has 0 bridgehead atoms. The van der Waals surface area contributed by atoms with E-state index in [9.17, 15) is 9.90 Å². The minimum Gasteiger partial charge on any atom is -0.508 e. The summed E-state index contributed by atoms with van der Waals surface area (Å²) in [6.45, 7) is 0.200. The average molecular weight is 313 g/mol. The van der Waals surface area contributed by atoms with Gasteiger partial charge in [-0.05, 0) is 48.0 Å². The fourth-order valence-corrected chi connectivity index (χ4v) is 1.88. The molecule has 5 nitrogen and oxygen atoms in total. The highest BCUT2D eigenvalue weighted by Crippen LogP contribution is 2.18. The molecular weight excluding hydrogens is 294 g/mol. The van der Waals surface area contributed by atoms with E-state index >= 15 is 0 Å². The van der Waals surface area contributed by atoms with E-state index < -0.39 is 0 Å². The average Bonchev–Trinajstić information content (AvgIpc) is 2.58. The number of likely N-dealkylation sites (N-methyl/N-ethyl adjacent to an activating group) is 1. The minimum atomic E-state index is -0.157. The molecule has 23 heavy (non-hydrogen) atoms. The number of hydrogen-bond donors (Lipinski definition) is 1. The van der Waals surface area contributed by atoms with E-state index in [-0.39, 0.29) is 18.4 Å². The molecule has 0 radical (unpaired) electrons. The van der Waals surface area contributed by atoms with Crippen LogP contribution in [-0.4, -0.2) is 32.0 Å². The maximum atomic E-state index is 12.1. The number of carbonyl (C=O) groups excluding carboxylic acids is 1. The number of phenolic OH excluding ortho intramolecular Hbond substituents is 1. The smallest absolute Gasteiger partial charge is 0.250 e. The van der Waals surface area contributed by atoms with Crippen LogP contribution in [-0.2, 0) is 9.53 Å². The highest BCUT2D eigenvalue weighted by Gasteiger charge is 2.07. The maximum absolute atomic E-state index is 12.1. The molecule has 0 unspecified atom stereocenters. The second kappa shape index (κ2) is 8.00. The van der Waals surface area contributed by atoms with Gasteiger partial charge in [-0.2, -0.15) is 0 Å². The number of nitrogens with zero attached hydrogens (tertiary/aromatic N) is 1. The van der Waals surface area contributed by atoms with Gasteiger partial charge in [0.1, 0.15) is 11.5 Å². The summed E-state index contributed by atoms with van der Waals surface area (Å²) in [4.78, 5) is 13.7. The Morgan fingerprint density at radius 1 is 1.13 bits per heavy atom. The summed E-state index contributed by atoms with van der Waals surface area (Å²) < 4.78 is 10.1. The predicted octanol–water partition coefficient (Wildman–Crippen LogP) is 3.05. The van der Waals surface area contributed by atoms with Gasteiger partial charge in [0.15, 0.2) is 6.79 Å². The quantitative estimate of drug-likeness (QED) is 0.658. The summed E-state index contributed by atoms with van der Waals surface area (Å²) in [7, 11) is 3.24. The Labute approximate surface area is 135 Å². The number of rotatable bonds is 6. The van der Waals surface area contributed by atoms with Crippen molar-refractivity contribution in [1.29, 1.82) is 0 Å². The van der Waals surface area contributed by atoms with Crippen LogP contribution in [0.5, 0.6) is 11.5 Å². The van der Waals surface area contributed by atoms with Crippen molar-refractivity contribution in [2.45, 2.75) is 0 Å². The lowest BCUT2D eigenvalue weighted by Gasteiger charge is -2.15. The first-order valence-electron chi connectivity index (χ1n) is 7.07. The number of hydrogen-bond acceptors (Lipinski definition) is 4. The first kappa shape index (κ1) is 16.6. The topological polar surface area (TPSA) is 59.0 Å². The van der Waals surface area contributed by atoms with Crippen molar-refractivity contribution < 1.29 is 19.4 Å². The van der Waals surface area contributed by atoms with Crippen LogP contribution in [0.1, 0.15) is 5.56 Å². The van der Waals surface area contributed by atoms with Crippen molar-refractivity contribution in [3.63, 3.8) is 0 Å². The third-order valence-electron chi connectivity index (χ3n) is 3.21. The van der Waals surface area contributed by atoms with Crippen molar-refractivity contribution in [3.05, 3.63) is 60.2 Å². The van der Waals surface area contributed by atoms with E-state index in [1.54, 1.807) is 44.5 Å². The second-order valence-electron chi connectivity index (χ2n) is 4.87. The van der Waals surface area contributed by atoms with Crippen LogP contribution in [0.4, 0.5) is 5.69 Å². The van der Waals surface area contributed by atoms with Crippen molar-refractivity contribution in [2.75, 3.05) is 25.9 Å². The van der Waals surface area contributed by atoms with Gasteiger partial charge in [-0.15, -0.1) is 0 Å². The fraction of sp³-hybridized carbons (Fsp3) is 0.167. The third kappa shape index (κ3) is 4.86. The van der Waals surface area contributed by atoms with Gasteiger partial charge in [-0.1, -0.05) is 12.1 Å². The van der Waals surface area contributed by atoms with E-state index in [4.69, 9.17) is 9.47 Å². The lowest BCUT2D eigenvalue weighted by atomic mass is 10.2. The number of aromatic hydroxyl groups is 1. The molecule has 2 aromatic carbocycles. The van der Waals surface area contributed by atoms with Crippen LogP contribution in [0.25, 0.3) is 6.08 Å². The molecule has 0 atom stereocenters. The normalized spacial score (nSPS) is 10.7. The van der Waals surface area contributed by atoms with Crippen LogP contribution in [0.3, 0.4) is 0 Å². The number of anilines is 1. The van der Waals surface area contributed by atoms with Crippen LogP contribution in [0.15, 0.2) is 54.6 Å². The number of ether oxygens (including phenoxy) is 2. The SMILES string of the molecule is COCOc1ccc(/C=C/C(=O)N(C)c2ccc(O)cc2)cc1. The van der Waals surface area contributed by atoms with Crippen LogP contribution in [0.2, 0.25) is 0 Å². The molecule has 0 aromatic heterocycles. The first-order valence-corrected chi connectivity index (χ1v) is 7.07. The Hall–Kier alpha value is -2.79. The van der Waals surface area contributed by atoms with Crippen LogP contribution >= 0.6 is 0 Å². The zero-order chi connectivity index (χ0) is 16.7. The monoisotopic (exact) mass is 313 g/mol. The third-order valence-corrected chi connectivity index (χ3v) is 3.21. The summed E-state index contributed by atoms with van der Waals surface area (Å²) in [6, 6.07) is 13.8. The number of amides is 1. The molecule has 120 valence electrons.